The molecule has 2 aliphatic rings. The van der Waals surface area contributed by atoms with Crippen LogP contribution in [0.25, 0.3) is 0 Å². The standard InChI is InChI=1S/C39H45F5N4O6S/c1-4-9-29-38(54-25-22-30(55-23-25)39(42,43)44,13-8-18-48(29)33(49)31-26(32(40)41)10-7-17-46-31)34(50)47-19-14-37(24-45,15-20-47)27-11-5-6-12-28(27)53-21-16-36(2,3)35(51)52/h5-7,10-12,17,22-23,29,32-33,49H,4,8-9,13-16,18-21H2,1-3H3,(H,51,52). The van der Waals surface area contributed by atoms with Crippen molar-refractivity contribution in [2.45, 2.75) is 102 Å². The van der Waals surface area contributed by atoms with Crippen LogP contribution in [0.2, 0.25) is 0 Å². The molecule has 3 aromatic rings. The average molecular weight is 793 g/mol. The first-order valence-electron chi connectivity index (χ1n) is 18.2. The van der Waals surface area contributed by atoms with E-state index in [-0.39, 0.29) is 76.2 Å². The second-order valence-corrected chi connectivity index (χ2v) is 15.6. The van der Waals surface area contributed by atoms with Crippen molar-refractivity contribution >= 4 is 23.2 Å². The van der Waals surface area contributed by atoms with Crippen LogP contribution in [0.5, 0.6) is 11.5 Å². The number of aromatic nitrogens is 1. The van der Waals surface area contributed by atoms with Crippen molar-refractivity contribution in [3.8, 4) is 17.6 Å². The van der Waals surface area contributed by atoms with E-state index >= 15 is 4.79 Å². The molecule has 0 aliphatic carbocycles. The molecule has 5 rings (SSSR count). The Morgan fingerprint density at radius 3 is 2.44 bits per heavy atom. The number of carboxylic acid groups (broad SMARTS) is 1. The molecule has 3 unspecified atom stereocenters. The Balaban J connectivity index is 1.48. The van der Waals surface area contributed by atoms with Gasteiger partial charge in [-0.1, -0.05) is 31.5 Å². The highest BCUT2D eigenvalue weighted by atomic mass is 32.1. The maximum atomic E-state index is 15.0. The summed E-state index contributed by atoms with van der Waals surface area (Å²) in [4.78, 5) is 32.8. The summed E-state index contributed by atoms with van der Waals surface area (Å²) in [5.74, 6) is -1.29. The third-order valence-corrected chi connectivity index (χ3v) is 11.7. The first kappa shape index (κ1) is 41.8. The lowest BCUT2D eigenvalue weighted by atomic mass is 9.72. The number of carbonyl (C=O) groups is 2. The van der Waals surface area contributed by atoms with Gasteiger partial charge in [0.05, 0.1) is 35.2 Å². The van der Waals surface area contributed by atoms with Crippen molar-refractivity contribution in [1.82, 2.24) is 14.8 Å². The molecular weight excluding hydrogens is 748 g/mol. The number of piperidine rings is 2. The number of ether oxygens (including phenoxy) is 2. The second-order valence-electron chi connectivity index (χ2n) is 14.7. The minimum absolute atomic E-state index is 0.0596. The van der Waals surface area contributed by atoms with E-state index in [9.17, 15) is 42.2 Å². The third-order valence-electron chi connectivity index (χ3n) is 10.7. The number of alkyl halides is 5. The van der Waals surface area contributed by atoms with Gasteiger partial charge in [-0.2, -0.15) is 18.4 Å². The summed E-state index contributed by atoms with van der Waals surface area (Å²) in [6.07, 6.45) is -6.52. The van der Waals surface area contributed by atoms with Crippen LogP contribution in [-0.4, -0.2) is 74.8 Å². The Bertz CT molecular complexity index is 1860. The molecule has 16 heteroatoms. The molecular formula is C39H45F5N4O6S. The average Bonchev–Trinajstić information content (AvgIpc) is 3.64. The molecule has 3 atom stereocenters. The van der Waals surface area contributed by atoms with Gasteiger partial charge in [-0.25, -0.2) is 8.78 Å². The molecule has 1 aromatic carbocycles. The normalized spacial score (nSPS) is 21.2. The van der Waals surface area contributed by atoms with Gasteiger partial charge in [0, 0.05) is 48.4 Å². The van der Waals surface area contributed by atoms with Crippen LogP contribution in [0.4, 0.5) is 22.0 Å². The number of carboxylic acids is 1. The maximum absolute atomic E-state index is 15.0. The molecule has 2 saturated heterocycles. The number of benzene rings is 1. The minimum atomic E-state index is -4.66. The van der Waals surface area contributed by atoms with Gasteiger partial charge in [0.15, 0.2) is 6.23 Å². The van der Waals surface area contributed by atoms with Crippen LogP contribution in [0.1, 0.15) is 100 Å². The van der Waals surface area contributed by atoms with Crippen molar-refractivity contribution in [2.24, 2.45) is 5.41 Å². The van der Waals surface area contributed by atoms with Crippen molar-refractivity contribution in [1.29, 1.82) is 5.26 Å². The van der Waals surface area contributed by atoms with Gasteiger partial charge in [-0.05, 0) is 70.6 Å². The van der Waals surface area contributed by atoms with Crippen LogP contribution in [0.15, 0.2) is 54.0 Å². The number of aliphatic hydroxyl groups excluding tert-OH is 1. The zero-order valence-corrected chi connectivity index (χ0v) is 31.6. The molecule has 0 radical (unpaired) electrons. The molecule has 0 saturated carbocycles. The number of thiophene rings is 1. The fourth-order valence-electron chi connectivity index (χ4n) is 7.52. The summed E-state index contributed by atoms with van der Waals surface area (Å²) in [6, 6.07) is 11.7. The Morgan fingerprint density at radius 2 is 1.82 bits per heavy atom. The highest BCUT2D eigenvalue weighted by Gasteiger charge is 2.56. The lowest BCUT2D eigenvalue weighted by Gasteiger charge is -2.52. The number of hydrogen-bond donors (Lipinski definition) is 2. The van der Waals surface area contributed by atoms with E-state index in [1.54, 1.807) is 38.1 Å². The number of likely N-dealkylation sites (tertiary alicyclic amines) is 2. The molecule has 298 valence electrons. The Hall–Kier alpha value is -4.33. The molecule has 2 N–H and O–H groups in total. The summed E-state index contributed by atoms with van der Waals surface area (Å²) in [7, 11) is 0. The number of carbonyl (C=O) groups excluding carboxylic acids is 1. The number of amides is 1. The maximum Gasteiger partial charge on any atom is 0.425 e. The first-order chi connectivity index (χ1) is 26.0. The SMILES string of the molecule is CCCC1N(C(O)c2ncccc2C(F)F)CCCC1(Oc1csc(C(F)(F)F)c1)C(=O)N1CCC(C#N)(c2ccccc2OCCC(C)(C)C(=O)O)CC1. The summed E-state index contributed by atoms with van der Waals surface area (Å²) in [5, 5.41) is 33.0. The first-order valence-corrected chi connectivity index (χ1v) is 19.1. The van der Waals surface area contributed by atoms with Crippen molar-refractivity contribution in [2.75, 3.05) is 26.2 Å². The molecule has 55 heavy (non-hydrogen) atoms. The van der Waals surface area contributed by atoms with Crippen LogP contribution in [0.3, 0.4) is 0 Å². The Kier molecular flexibility index (Phi) is 12.8. The quantitative estimate of drug-likeness (QED) is 0.155. The smallest absolute Gasteiger partial charge is 0.425 e. The lowest BCUT2D eigenvalue weighted by Crippen LogP contribution is -2.68. The van der Waals surface area contributed by atoms with Gasteiger partial charge >= 0.3 is 12.1 Å². The van der Waals surface area contributed by atoms with E-state index in [2.05, 4.69) is 11.1 Å². The Morgan fingerprint density at radius 1 is 1.11 bits per heavy atom. The van der Waals surface area contributed by atoms with Gasteiger partial charge in [0.2, 0.25) is 5.60 Å². The number of aliphatic hydroxyl groups is 1. The number of halogens is 5. The number of para-hydroxylation sites is 1. The number of nitriles is 1. The van der Waals surface area contributed by atoms with Crippen LogP contribution >= 0.6 is 11.3 Å². The van der Waals surface area contributed by atoms with E-state index in [0.717, 1.165) is 12.1 Å². The zero-order chi connectivity index (χ0) is 40.2. The zero-order valence-electron chi connectivity index (χ0n) is 30.8. The van der Waals surface area contributed by atoms with E-state index in [1.165, 1.54) is 27.4 Å². The largest absolute Gasteiger partial charge is 0.493 e. The van der Waals surface area contributed by atoms with Gasteiger partial charge in [-0.3, -0.25) is 19.5 Å². The topological polar surface area (TPSA) is 136 Å². The predicted octanol–water partition coefficient (Wildman–Crippen LogP) is 8.14. The fraction of sp³-hybridized carbons (Fsp3) is 0.538. The van der Waals surface area contributed by atoms with Gasteiger partial charge < -0.3 is 24.6 Å². The number of nitrogens with zero attached hydrogens (tertiary/aromatic N) is 4. The molecule has 2 fully saturated rings. The van der Waals surface area contributed by atoms with Crippen LogP contribution < -0.4 is 9.47 Å². The third kappa shape index (κ3) is 8.74. The van der Waals surface area contributed by atoms with E-state index in [4.69, 9.17) is 9.47 Å². The second kappa shape index (κ2) is 16.8. The summed E-state index contributed by atoms with van der Waals surface area (Å²) >= 11 is 0.416. The van der Waals surface area contributed by atoms with Crippen LogP contribution in [0, 0.1) is 16.7 Å². The minimum Gasteiger partial charge on any atom is -0.493 e. The predicted molar refractivity (Wildman–Crippen MR) is 193 cm³/mol. The fourth-order valence-corrected chi connectivity index (χ4v) is 8.20. The van der Waals surface area contributed by atoms with Crippen molar-refractivity contribution in [3.05, 3.63) is 75.7 Å². The molecule has 0 spiro atoms. The Labute approximate surface area is 320 Å². The number of hydrogen-bond acceptors (Lipinski definition) is 9. The van der Waals surface area contributed by atoms with Crippen LogP contribution in [-0.2, 0) is 21.2 Å². The molecule has 4 heterocycles. The van der Waals surface area contributed by atoms with Gasteiger partial charge in [-0.15, -0.1) is 11.3 Å². The van der Waals surface area contributed by atoms with E-state index in [1.807, 2.05) is 6.92 Å². The molecule has 0 bridgehead atoms. The van der Waals surface area contributed by atoms with E-state index in [0.29, 0.717) is 29.1 Å². The molecule has 2 aromatic heterocycles. The summed E-state index contributed by atoms with van der Waals surface area (Å²) in [5.41, 5.74) is -4.17. The molecule has 10 nitrogen and oxygen atoms in total. The van der Waals surface area contributed by atoms with Crippen molar-refractivity contribution in [3.63, 3.8) is 0 Å². The van der Waals surface area contributed by atoms with E-state index < -0.39 is 63.6 Å². The summed E-state index contributed by atoms with van der Waals surface area (Å²) < 4.78 is 81.8. The number of aliphatic carboxylic acids is 1. The van der Waals surface area contributed by atoms with Crippen molar-refractivity contribution < 1.29 is 51.2 Å². The molecule has 1 amide bonds. The van der Waals surface area contributed by atoms with Gasteiger partial charge in [0.25, 0.3) is 12.3 Å². The van der Waals surface area contributed by atoms with Gasteiger partial charge in [0.1, 0.15) is 16.4 Å². The highest BCUT2D eigenvalue weighted by molar-refractivity contribution is 7.10. The number of rotatable bonds is 14. The highest BCUT2D eigenvalue weighted by Crippen LogP contribution is 2.46. The summed E-state index contributed by atoms with van der Waals surface area (Å²) in [6.45, 7) is 5.39. The lowest BCUT2D eigenvalue weighted by molar-refractivity contribution is -0.173. The monoisotopic (exact) mass is 792 g/mol. The number of pyridine rings is 1. The molecule has 2 aliphatic heterocycles.